The standard InChI is InChI=1S/C22H23NO4/c1-25-19-11-10-17-18(24)14-20(27-21(17)22(19)26-2)15-6-8-16(9-7-15)23-12-4-3-5-13-23/h6-11,14H,3-5,12-13H2,1-2H3/i14D. The zero-order valence-electron chi connectivity index (χ0n) is 16.6. The number of ether oxygens (including phenoxy) is 2. The number of nitrogens with zero attached hydrogens (tertiary/aromatic N) is 1. The summed E-state index contributed by atoms with van der Waals surface area (Å²) in [5.41, 5.74) is 1.74. The topological polar surface area (TPSA) is 51.9 Å². The maximum absolute atomic E-state index is 12.8. The molecular weight excluding hydrogens is 342 g/mol. The lowest BCUT2D eigenvalue weighted by Crippen LogP contribution is -2.29. The van der Waals surface area contributed by atoms with E-state index in [-0.39, 0.29) is 17.4 Å². The Morgan fingerprint density at radius 2 is 1.74 bits per heavy atom. The van der Waals surface area contributed by atoms with Gasteiger partial charge < -0.3 is 18.8 Å². The molecule has 1 fully saturated rings. The van der Waals surface area contributed by atoms with Crippen LogP contribution in [0, 0.1) is 0 Å². The Morgan fingerprint density at radius 1 is 1.00 bits per heavy atom. The third-order valence-electron chi connectivity index (χ3n) is 5.03. The van der Waals surface area contributed by atoms with Crippen molar-refractivity contribution in [1.29, 1.82) is 0 Å². The molecule has 140 valence electrons. The molecule has 0 saturated carbocycles. The number of methoxy groups -OCH3 is 2. The Morgan fingerprint density at radius 3 is 2.41 bits per heavy atom. The molecule has 1 saturated heterocycles. The minimum absolute atomic E-state index is 0.162. The predicted octanol–water partition coefficient (Wildman–Crippen LogP) is 4.47. The third kappa shape index (κ3) is 3.25. The normalized spacial score (nSPS) is 14.9. The van der Waals surface area contributed by atoms with E-state index in [2.05, 4.69) is 4.90 Å². The van der Waals surface area contributed by atoms with Crippen molar-refractivity contribution in [2.24, 2.45) is 0 Å². The van der Waals surface area contributed by atoms with Gasteiger partial charge in [-0.15, -0.1) is 0 Å². The molecule has 1 aliphatic heterocycles. The molecule has 0 unspecified atom stereocenters. The number of hydrogen-bond donors (Lipinski definition) is 0. The molecule has 5 heteroatoms. The minimum Gasteiger partial charge on any atom is -0.493 e. The molecule has 3 aromatic rings. The van der Waals surface area contributed by atoms with Crippen molar-refractivity contribution >= 4 is 16.7 Å². The summed E-state index contributed by atoms with van der Waals surface area (Å²) in [6.45, 7) is 2.12. The molecule has 0 atom stereocenters. The molecule has 1 aliphatic rings. The van der Waals surface area contributed by atoms with Gasteiger partial charge in [-0.25, -0.2) is 0 Å². The first-order chi connectivity index (χ1) is 13.6. The number of anilines is 1. The van der Waals surface area contributed by atoms with E-state index in [0.717, 1.165) is 18.8 Å². The van der Waals surface area contributed by atoms with Gasteiger partial charge in [0.05, 0.1) is 21.0 Å². The fourth-order valence-electron chi connectivity index (χ4n) is 3.58. The molecule has 0 spiro atoms. The Labute approximate surface area is 159 Å². The minimum atomic E-state index is -0.391. The summed E-state index contributed by atoms with van der Waals surface area (Å²) in [6, 6.07) is 10.9. The monoisotopic (exact) mass is 366 g/mol. The largest absolute Gasteiger partial charge is 0.493 e. The lowest BCUT2D eigenvalue weighted by Gasteiger charge is -2.28. The van der Waals surface area contributed by atoms with Crippen LogP contribution in [0.3, 0.4) is 0 Å². The number of benzene rings is 2. The Kier molecular flexibility index (Phi) is 4.42. The Hall–Kier alpha value is -2.95. The second kappa shape index (κ2) is 7.35. The first-order valence-corrected chi connectivity index (χ1v) is 9.18. The summed E-state index contributed by atoms with van der Waals surface area (Å²) in [5.74, 6) is 1.06. The van der Waals surface area contributed by atoms with Gasteiger partial charge in [-0.05, 0) is 55.7 Å². The van der Waals surface area contributed by atoms with Gasteiger partial charge in [0.2, 0.25) is 5.75 Å². The van der Waals surface area contributed by atoms with Crippen molar-refractivity contribution in [1.82, 2.24) is 0 Å². The number of piperidine rings is 1. The quantitative estimate of drug-likeness (QED) is 0.682. The summed E-state index contributed by atoms with van der Waals surface area (Å²) >= 11 is 0. The van der Waals surface area contributed by atoms with Crippen LogP contribution >= 0.6 is 0 Å². The van der Waals surface area contributed by atoms with E-state index in [1.807, 2.05) is 24.3 Å². The van der Waals surface area contributed by atoms with Crippen LogP contribution in [0.5, 0.6) is 11.5 Å². The summed E-state index contributed by atoms with van der Waals surface area (Å²) in [6.07, 6.45) is 3.70. The van der Waals surface area contributed by atoms with Gasteiger partial charge in [-0.3, -0.25) is 4.79 Å². The van der Waals surface area contributed by atoms with E-state index in [0.29, 0.717) is 22.4 Å². The molecule has 27 heavy (non-hydrogen) atoms. The highest BCUT2D eigenvalue weighted by atomic mass is 16.5. The first-order valence-electron chi connectivity index (χ1n) is 9.68. The van der Waals surface area contributed by atoms with E-state index >= 15 is 0 Å². The number of fused-ring (bicyclic) bond motifs is 1. The summed E-state index contributed by atoms with van der Waals surface area (Å²) in [4.78, 5) is 15.1. The fourth-order valence-corrected chi connectivity index (χ4v) is 3.58. The predicted molar refractivity (Wildman–Crippen MR) is 107 cm³/mol. The van der Waals surface area contributed by atoms with Crippen molar-refractivity contribution in [2.75, 3.05) is 32.2 Å². The number of hydrogen-bond acceptors (Lipinski definition) is 5. The van der Waals surface area contributed by atoms with Gasteiger partial charge in [0.15, 0.2) is 16.8 Å². The maximum Gasteiger partial charge on any atom is 0.204 e. The van der Waals surface area contributed by atoms with E-state index in [9.17, 15) is 4.79 Å². The van der Waals surface area contributed by atoms with Crippen LogP contribution in [0.4, 0.5) is 5.69 Å². The van der Waals surface area contributed by atoms with Crippen molar-refractivity contribution in [3.63, 3.8) is 0 Å². The van der Waals surface area contributed by atoms with Crippen LogP contribution in [0.15, 0.2) is 51.7 Å². The van der Waals surface area contributed by atoms with Gasteiger partial charge in [0.25, 0.3) is 0 Å². The first kappa shape index (κ1) is 16.2. The fraction of sp³-hybridized carbons (Fsp3) is 0.318. The Bertz CT molecular complexity index is 1050. The van der Waals surface area contributed by atoms with Gasteiger partial charge in [-0.1, -0.05) is 0 Å². The van der Waals surface area contributed by atoms with Crippen LogP contribution in [0.2, 0.25) is 0 Å². The molecule has 5 nitrogen and oxygen atoms in total. The zero-order chi connectivity index (χ0) is 19.7. The van der Waals surface area contributed by atoms with E-state index in [4.69, 9.17) is 15.3 Å². The average Bonchev–Trinajstić information content (AvgIpc) is 2.76. The van der Waals surface area contributed by atoms with Gasteiger partial charge in [0.1, 0.15) is 5.76 Å². The van der Waals surface area contributed by atoms with Crippen molar-refractivity contribution in [3.05, 3.63) is 52.7 Å². The zero-order valence-corrected chi connectivity index (χ0v) is 15.6. The highest BCUT2D eigenvalue weighted by molar-refractivity contribution is 5.86. The van der Waals surface area contributed by atoms with E-state index in [1.54, 1.807) is 12.1 Å². The molecule has 0 N–H and O–H groups in total. The highest BCUT2D eigenvalue weighted by Crippen LogP contribution is 2.36. The summed E-state index contributed by atoms with van der Waals surface area (Å²) in [5, 5.41) is 0.302. The van der Waals surface area contributed by atoms with Crippen molar-refractivity contribution in [2.45, 2.75) is 19.3 Å². The van der Waals surface area contributed by atoms with E-state index < -0.39 is 5.43 Å². The molecular formula is C22H23NO4. The SMILES string of the molecule is [2H]c1c(-c2ccc(N3CCCCC3)cc2)oc2c(OC)c(OC)ccc2c1=O. The second-order valence-electron chi connectivity index (χ2n) is 6.66. The smallest absolute Gasteiger partial charge is 0.204 e. The van der Waals surface area contributed by atoms with Gasteiger partial charge in [-0.2, -0.15) is 0 Å². The van der Waals surface area contributed by atoms with Gasteiger partial charge in [0, 0.05) is 30.4 Å². The van der Waals surface area contributed by atoms with Crippen LogP contribution in [0.25, 0.3) is 22.3 Å². The van der Waals surface area contributed by atoms with Crippen LogP contribution in [0.1, 0.15) is 20.6 Å². The molecule has 0 aliphatic carbocycles. The van der Waals surface area contributed by atoms with Gasteiger partial charge >= 0.3 is 0 Å². The molecule has 0 amide bonds. The lowest BCUT2D eigenvalue weighted by atomic mass is 10.1. The highest BCUT2D eigenvalue weighted by Gasteiger charge is 2.16. The van der Waals surface area contributed by atoms with Crippen molar-refractivity contribution in [3.8, 4) is 22.8 Å². The third-order valence-corrected chi connectivity index (χ3v) is 5.03. The second-order valence-corrected chi connectivity index (χ2v) is 6.66. The molecule has 0 bridgehead atoms. The van der Waals surface area contributed by atoms with Crippen LogP contribution < -0.4 is 19.8 Å². The summed E-state index contributed by atoms with van der Waals surface area (Å²) < 4.78 is 25.0. The van der Waals surface area contributed by atoms with Crippen LogP contribution in [-0.4, -0.2) is 27.3 Å². The maximum atomic E-state index is 12.8. The molecule has 2 aromatic carbocycles. The molecule has 4 rings (SSSR count). The molecule has 0 radical (unpaired) electrons. The van der Waals surface area contributed by atoms with Crippen LogP contribution in [-0.2, 0) is 0 Å². The molecule has 1 aromatic heterocycles. The average molecular weight is 366 g/mol. The molecule has 2 heterocycles. The lowest BCUT2D eigenvalue weighted by molar-refractivity contribution is 0.353. The van der Waals surface area contributed by atoms with E-state index in [1.165, 1.54) is 33.5 Å². The Balaban J connectivity index is 1.81. The van der Waals surface area contributed by atoms with Crippen molar-refractivity contribution < 1.29 is 15.3 Å². The summed E-state index contributed by atoms with van der Waals surface area (Å²) in [7, 11) is 3.03. The number of rotatable bonds is 4.